The van der Waals surface area contributed by atoms with Crippen LogP contribution in [0.15, 0.2) is 30.5 Å². The third-order valence-electron chi connectivity index (χ3n) is 4.44. The molecule has 0 N–H and O–H groups in total. The SMILES string of the molecule is C=C=C1CC(C=C)C(C(F)(F)C(F)(F)C(F)(F)C(F)(F)C(F)(F)C(F)(F)F)C1. The average molecular weight is 438 g/mol. The van der Waals surface area contributed by atoms with E-state index >= 15 is 0 Å². The van der Waals surface area contributed by atoms with Gasteiger partial charge in [-0.25, -0.2) is 0 Å². The van der Waals surface area contributed by atoms with Gasteiger partial charge in [-0.2, -0.15) is 57.1 Å². The van der Waals surface area contributed by atoms with E-state index in [1.165, 1.54) is 0 Å². The molecule has 0 radical (unpaired) electrons. The summed E-state index contributed by atoms with van der Waals surface area (Å²) in [5.41, 5.74) is 1.84. The van der Waals surface area contributed by atoms with Crippen molar-refractivity contribution in [1.82, 2.24) is 0 Å². The van der Waals surface area contributed by atoms with Gasteiger partial charge in [-0.15, -0.1) is 12.3 Å². The van der Waals surface area contributed by atoms with Crippen molar-refractivity contribution in [2.45, 2.75) is 48.6 Å². The Bertz CT molecular complexity index is 664. The Morgan fingerprint density at radius 2 is 1.14 bits per heavy atom. The minimum absolute atomic E-state index is 0.193. The highest BCUT2D eigenvalue weighted by Gasteiger charge is 2.91. The lowest BCUT2D eigenvalue weighted by atomic mass is 9.82. The number of alkyl halides is 13. The van der Waals surface area contributed by atoms with E-state index in [1.54, 1.807) is 0 Å². The van der Waals surface area contributed by atoms with Crippen LogP contribution in [0.3, 0.4) is 0 Å². The standard InChI is InChI=1S/C15H11F13/c1-3-7-5-8(4-2)9(6-7)10(16,17)11(18,19)12(20,21)13(22,23)14(24,25)15(26,27)28/h4,8-9H,1-2,5-6H2. The van der Waals surface area contributed by atoms with Gasteiger partial charge in [0.25, 0.3) is 0 Å². The van der Waals surface area contributed by atoms with Crippen molar-refractivity contribution in [3.05, 3.63) is 30.5 Å². The summed E-state index contributed by atoms with van der Waals surface area (Å²) in [6.45, 7) is 6.01. The zero-order valence-electron chi connectivity index (χ0n) is 13.5. The van der Waals surface area contributed by atoms with Crippen LogP contribution in [0.5, 0.6) is 0 Å². The Labute approximate surface area is 149 Å². The first-order valence-corrected chi connectivity index (χ1v) is 7.20. The lowest BCUT2D eigenvalue weighted by Crippen LogP contribution is -2.71. The fourth-order valence-corrected chi connectivity index (χ4v) is 2.73. The maximum absolute atomic E-state index is 14.2. The van der Waals surface area contributed by atoms with Crippen LogP contribution in [-0.4, -0.2) is 35.8 Å². The first-order chi connectivity index (χ1) is 12.2. The molecule has 162 valence electrons. The normalized spacial score (nSPS) is 23.0. The van der Waals surface area contributed by atoms with E-state index in [9.17, 15) is 57.1 Å². The molecule has 0 heterocycles. The highest BCUT2D eigenvalue weighted by molar-refractivity contribution is 5.19. The Balaban J connectivity index is 3.53. The van der Waals surface area contributed by atoms with Gasteiger partial charge in [-0.3, -0.25) is 0 Å². The topological polar surface area (TPSA) is 0 Å². The second-order valence-electron chi connectivity index (χ2n) is 6.11. The number of halogens is 13. The molecular formula is C15H11F13. The Kier molecular flexibility index (Phi) is 5.84. The van der Waals surface area contributed by atoms with Crippen LogP contribution in [0, 0.1) is 11.8 Å². The van der Waals surface area contributed by atoms with E-state index in [4.69, 9.17) is 0 Å². The molecule has 1 rings (SSSR count). The molecular weight excluding hydrogens is 427 g/mol. The summed E-state index contributed by atoms with van der Waals surface area (Å²) in [5, 5.41) is 0. The van der Waals surface area contributed by atoms with E-state index in [2.05, 4.69) is 13.2 Å². The summed E-state index contributed by atoms with van der Waals surface area (Å²) < 4.78 is 171. The predicted octanol–water partition coefficient (Wildman–Crippen LogP) is 6.65. The smallest absolute Gasteiger partial charge is 0.199 e. The van der Waals surface area contributed by atoms with Crippen LogP contribution < -0.4 is 0 Å². The number of hydrogen-bond acceptors (Lipinski definition) is 0. The number of rotatable bonds is 6. The minimum Gasteiger partial charge on any atom is -0.199 e. The van der Waals surface area contributed by atoms with E-state index in [0.717, 1.165) is 0 Å². The second kappa shape index (κ2) is 6.70. The highest BCUT2D eigenvalue weighted by Crippen LogP contribution is 2.63. The van der Waals surface area contributed by atoms with Gasteiger partial charge < -0.3 is 0 Å². The molecule has 1 fully saturated rings. The molecule has 0 aromatic carbocycles. The zero-order chi connectivity index (χ0) is 22.6. The zero-order valence-corrected chi connectivity index (χ0v) is 13.5. The van der Waals surface area contributed by atoms with Gasteiger partial charge in [-0.1, -0.05) is 12.7 Å². The van der Waals surface area contributed by atoms with Crippen molar-refractivity contribution < 1.29 is 57.1 Å². The molecule has 0 amide bonds. The lowest BCUT2D eigenvalue weighted by molar-refractivity contribution is -0.443. The van der Waals surface area contributed by atoms with Gasteiger partial charge in [0.1, 0.15) is 0 Å². The molecule has 28 heavy (non-hydrogen) atoms. The Morgan fingerprint density at radius 3 is 1.50 bits per heavy atom. The quantitative estimate of drug-likeness (QED) is 0.248. The van der Waals surface area contributed by atoms with Gasteiger partial charge in [0.15, 0.2) is 0 Å². The van der Waals surface area contributed by atoms with E-state index in [0.29, 0.717) is 6.08 Å². The summed E-state index contributed by atoms with van der Waals surface area (Å²) in [5.74, 6) is -41.3. The van der Waals surface area contributed by atoms with Crippen LogP contribution in [0.1, 0.15) is 12.8 Å². The third-order valence-corrected chi connectivity index (χ3v) is 4.44. The molecule has 2 atom stereocenters. The molecule has 1 aliphatic rings. The largest absolute Gasteiger partial charge is 0.460 e. The van der Waals surface area contributed by atoms with Crippen molar-refractivity contribution in [2.75, 3.05) is 0 Å². The first-order valence-electron chi connectivity index (χ1n) is 7.20. The molecule has 1 aliphatic carbocycles. The number of hydrogen-bond donors (Lipinski definition) is 0. The molecule has 0 saturated heterocycles. The monoisotopic (exact) mass is 438 g/mol. The van der Waals surface area contributed by atoms with Gasteiger partial charge in [0.2, 0.25) is 0 Å². The maximum atomic E-state index is 14.2. The molecule has 2 unspecified atom stereocenters. The third kappa shape index (κ3) is 3.11. The molecule has 1 saturated carbocycles. The molecule has 0 aliphatic heterocycles. The summed E-state index contributed by atoms with van der Waals surface area (Å²) >= 11 is 0. The molecule has 0 nitrogen and oxygen atoms in total. The first kappa shape index (κ1) is 24.4. The van der Waals surface area contributed by atoms with Crippen molar-refractivity contribution in [3.8, 4) is 0 Å². The highest BCUT2D eigenvalue weighted by atomic mass is 19.4. The van der Waals surface area contributed by atoms with E-state index in [1.807, 2.05) is 5.73 Å². The summed E-state index contributed by atoms with van der Waals surface area (Å²) in [6.07, 6.45) is -8.41. The molecule has 0 bridgehead atoms. The van der Waals surface area contributed by atoms with Crippen molar-refractivity contribution in [1.29, 1.82) is 0 Å². The maximum Gasteiger partial charge on any atom is 0.460 e. The van der Waals surface area contributed by atoms with E-state index < -0.39 is 60.5 Å². The molecule has 0 aromatic rings. The fourth-order valence-electron chi connectivity index (χ4n) is 2.73. The van der Waals surface area contributed by atoms with Gasteiger partial charge in [-0.05, 0) is 24.3 Å². The summed E-state index contributed by atoms with van der Waals surface area (Å²) in [4.78, 5) is 0. The summed E-state index contributed by atoms with van der Waals surface area (Å²) in [6, 6.07) is 0. The molecule has 13 heteroatoms. The van der Waals surface area contributed by atoms with Gasteiger partial charge >= 0.3 is 35.8 Å². The van der Waals surface area contributed by atoms with Crippen LogP contribution in [-0.2, 0) is 0 Å². The Hall–Kier alpha value is -1.65. The van der Waals surface area contributed by atoms with Crippen LogP contribution >= 0.6 is 0 Å². The Morgan fingerprint density at radius 1 is 0.714 bits per heavy atom. The molecule has 0 aromatic heterocycles. The van der Waals surface area contributed by atoms with Crippen LogP contribution in [0.25, 0.3) is 0 Å². The van der Waals surface area contributed by atoms with Gasteiger partial charge in [0.05, 0.1) is 0 Å². The minimum atomic E-state index is -7.88. The molecule has 0 spiro atoms. The average Bonchev–Trinajstić information content (AvgIpc) is 2.97. The van der Waals surface area contributed by atoms with Crippen LogP contribution in [0.2, 0.25) is 0 Å². The van der Waals surface area contributed by atoms with Crippen LogP contribution in [0.4, 0.5) is 57.1 Å². The van der Waals surface area contributed by atoms with Crippen molar-refractivity contribution in [3.63, 3.8) is 0 Å². The van der Waals surface area contributed by atoms with Crippen molar-refractivity contribution >= 4 is 0 Å². The second-order valence-corrected chi connectivity index (χ2v) is 6.11. The van der Waals surface area contributed by atoms with E-state index in [-0.39, 0.29) is 5.57 Å². The lowest BCUT2D eigenvalue weighted by Gasteiger charge is -2.42. The fraction of sp³-hybridized carbons (Fsp3) is 0.667. The summed E-state index contributed by atoms with van der Waals surface area (Å²) in [7, 11) is 0. The number of allylic oxidation sites excluding steroid dienone is 2. The van der Waals surface area contributed by atoms with Gasteiger partial charge in [0, 0.05) is 5.92 Å². The predicted molar refractivity (Wildman–Crippen MR) is 69.9 cm³/mol. The van der Waals surface area contributed by atoms with Crippen molar-refractivity contribution in [2.24, 2.45) is 11.8 Å².